The fraction of sp³-hybridized carbons (Fsp3) is 0. The van der Waals surface area contributed by atoms with Crippen LogP contribution in [0.25, 0.3) is 39.0 Å². The van der Waals surface area contributed by atoms with Crippen LogP contribution in [0.1, 0.15) is 5.56 Å². The summed E-state index contributed by atoms with van der Waals surface area (Å²) in [6.07, 6.45) is 0. The molecule has 0 aliphatic carbocycles. The second-order valence-corrected chi connectivity index (χ2v) is 5.90. The van der Waals surface area contributed by atoms with Crippen LogP contribution in [-0.2, 0) is 0 Å². The number of nitrogens with zero attached hydrogens (tertiary/aromatic N) is 4. The number of benzene rings is 3. The minimum Gasteiger partial charge on any atom is -0.276 e. The smallest absolute Gasteiger partial charge is 0.149 e. The monoisotopic (exact) mass is 320 g/mol. The highest BCUT2D eigenvalue weighted by molar-refractivity contribution is 5.98. The molecule has 0 spiro atoms. The number of nitriles is 1. The van der Waals surface area contributed by atoms with Crippen molar-refractivity contribution in [1.29, 1.82) is 5.26 Å². The molecule has 3 aromatic carbocycles. The maximum atomic E-state index is 9.04. The first kappa shape index (κ1) is 13.7. The van der Waals surface area contributed by atoms with Crippen molar-refractivity contribution in [2.45, 2.75) is 0 Å². The molecule has 0 saturated heterocycles. The van der Waals surface area contributed by atoms with Crippen LogP contribution in [0, 0.1) is 11.3 Å². The summed E-state index contributed by atoms with van der Waals surface area (Å²) in [5.74, 6) is 0.826. The van der Waals surface area contributed by atoms with Crippen molar-refractivity contribution in [1.82, 2.24) is 14.4 Å². The van der Waals surface area contributed by atoms with Crippen LogP contribution in [-0.4, -0.2) is 14.4 Å². The van der Waals surface area contributed by atoms with Gasteiger partial charge in [-0.25, -0.2) is 9.97 Å². The molecule has 2 aromatic heterocycles. The molecule has 5 aromatic rings. The summed E-state index contributed by atoms with van der Waals surface area (Å²) in [6.45, 7) is 0. The first-order valence-corrected chi connectivity index (χ1v) is 8.01. The average Bonchev–Trinajstić information content (AvgIpc) is 3.07. The van der Waals surface area contributed by atoms with Gasteiger partial charge < -0.3 is 0 Å². The minimum atomic E-state index is 0.635. The second-order valence-electron chi connectivity index (χ2n) is 5.90. The summed E-state index contributed by atoms with van der Waals surface area (Å²) in [7, 11) is 0. The third-order valence-corrected chi connectivity index (χ3v) is 4.42. The molecule has 0 fully saturated rings. The Hall–Kier alpha value is -3.71. The minimum absolute atomic E-state index is 0.635. The van der Waals surface area contributed by atoms with Crippen molar-refractivity contribution in [3.8, 4) is 17.5 Å². The zero-order chi connectivity index (χ0) is 16.8. The summed E-state index contributed by atoms with van der Waals surface area (Å²) in [4.78, 5) is 9.73. The quantitative estimate of drug-likeness (QED) is 0.454. The van der Waals surface area contributed by atoms with Crippen molar-refractivity contribution in [3.63, 3.8) is 0 Å². The Kier molecular flexibility index (Phi) is 2.82. The number of para-hydroxylation sites is 3. The molecule has 0 saturated carbocycles. The van der Waals surface area contributed by atoms with E-state index in [1.54, 1.807) is 0 Å². The van der Waals surface area contributed by atoms with Gasteiger partial charge in [0, 0.05) is 10.9 Å². The highest BCUT2D eigenvalue weighted by Gasteiger charge is 2.14. The number of imidazole rings is 1. The molecule has 0 bridgehead atoms. The molecule has 0 aliphatic rings. The van der Waals surface area contributed by atoms with Crippen molar-refractivity contribution in [3.05, 3.63) is 78.4 Å². The van der Waals surface area contributed by atoms with E-state index in [0.717, 1.165) is 39.0 Å². The maximum absolute atomic E-state index is 9.04. The average molecular weight is 320 g/mol. The zero-order valence-corrected chi connectivity index (χ0v) is 13.2. The molecule has 0 atom stereocenters. The van der Waals surface area contributed by atoms with E-state index >= 15 is 0 Å². The topological polar surface area (TPSA) is 54.0 Å². The van der Waals surface area contributed by atoms with Crippen molar-refractivity contribution in [2.75, 3.05) is 0 Å². The van der Waals surface area contributed by atoms with Crippen molar-refractivity contribution >= 4 is 27.6 Å². The van der Waals surface area contributed by atoms with E-state index in [1.807, 2.05) is 66.7 Å². The third kappa shape index (κ3) is 2.00. The normalized spacial score (nSPS) is 11.2. The Morgan fingerprint density at radius 1 is 0.760 bits per heavy atom. The van der Waals surface area contributed by atoms with Crippen LogP contribution in [0.3, 0.4) is 0 Å². The van der Waals surface area contributed by atoms with Crippen molar-refractivity contribution in [2.24, 2.45) is 0 Å². The summed E-state index contributed by atoms with van der Waals surface area (Å²) in [5, 5.41) is 10.1. The molecule has 0 unspecified atom stereocenters. The number of hydrogen-bond donors (Lipinski definition) is 0. The van der Waals surface area contributed by atoms with Gasteiger partial charge in [0.15, 0.2) is 0 Å². The predicted molar refractivity (Wildman–Crippen MR) is 98.2 cm³/mol. The van der Waals surface area contributed by atoms with Gasteiger partial charge in [0.2, 0.25) is 0 Å². The van der Waals surface area contributed by atoms with Crippen LogP contribution < -0.4 is 0 Å². The molecule has 2 heterocycles. The van der Waals surface area contributed by atoms with Crippen LogP contribution in [0.2, 0.25) is 0 Å². The van der Waals surface area contributed by atoms with Gasteiger partial charge >= 0.3 is 0 Å². The number of fused-ring (bicyclic) bond motifs is 5. The fourth-order valence-corrected chi connectivity index (χ4v) is 3.23. The van der Waals surface area contributed by atoms with Crippen LogP contribution >= 0.6 is 0 Å². The van der Waals surface area contributed by atoms with Gasteiger partial charge in [-0.15, -0.1) is 0 Å². The van der Waals surface area contributed by atoms with Crippen LogP contribution in [0.4, 0.5) is 0 Å². The van der Waals surface area contributed by atoms with Gasteiger partial charge in [0.05, 0.1) is 28.2 Å². The van der Waals surface area contributed by atoms with E-state index in [1.165, 1.54) is 0 Å². The Labute approximate surface area is 143 Å². The third-order valence-electron chi connectivity index (χ3n) is 4.42. The van der Waals surface area contributed by atoms with Gasteiger partial charge in [-0.05, 0) is 48.5 Å². The first-order chi connectivity index (χ1) is 12.3. The zero-order valence-electron chi connectivity index (χ0n) is 13.2. The molecule has 5 rings (SSSR count). The lowest BCUT2D eigenvalue weighted by molar-refractivity contribution is 1.16. The summed E-state index contributed by atoms with van der Waals surface area (Å²) < 4.78 is 2.10. The molecule has 0 N–H and O–H groups in total. The van der Waals surface area contributed by atoms with E-state index in [4.69, 9.17) is 15.2 Å². The Morgan fingerprint density at radius 2 is 1.48 bits per heavy atom. The second kappa shape index (κ2) is 5.15. The standard InChI is InChI=1S/C21H12N4/c22-13-14-9-11-15(12-10-14)20-23-17-6-2-1-5-16(17)21-24-18-7-3-4-8-19(18)25(20)21/h1-12H. The molecular weight excluding hydrogens is 308 g/mol. The van der Waals surface area contributed by atoms with Crippen LogP contribution in [0.5, 0.6) is 0 Å². The molecule has 25 heavy (non-hydrogen) atoms. The van der Waals surface area contributed by atoms with E-state index in [0.29, 0.717) is 5.56 Å². The largest absolute Gasteiger partial charge is 0.276 e. The van der Waals surface area contributed by atoms with E-state index in [2.05, 4.69) is 16.5 Å². The van der Waals surface area contributed by atoms with Gasteiger partial charge in [-0.2, -0.15) is 5.26 Å². The lowest BCUT2D eigenvalue weighted by Gasteiger charge is -2.09. The summed E-state index contributed by atoms with van der Waals surface area (Å²) in [5.41, 5.74) is 5.36. The van der Waals surface area contributed by atoms with Gasteiger partial charge in [-0.3, -0.25) is 4.40 Å². The maximum Gasteiger partial charge on any atom is 0.149 e. The summed E-state index contributed by atoms with van der Waals surface area (Å²) >= 11 is 0. The summed E-state index contributed by atoms with van der Waals surface area (Å²) in [6, 6.07) is 25.8. The van der Waals surface area contributed by atoms with Gasteiger partial charge in [-0.1, -0.05) is 24.3 Å². The predicted octanol–water partition coefficient (Wildman–Crippen LogP) is 4.57. The van der Waals surface area contributed by atoms with Crippen LogP contribution in [0.15, 0.2) is 72.8 Å². The number of rotatable bonds is 1. The fourth-order valence-electron chi connectivity index (χ4n) is 3.23. The molecule has 0 radical (unpaired) electrons. The highest BCUT2D eigenvalue weighted by Crippen LogP contribution is 2.29. The molecular formula is C21H12N4. The lowest BCUT2D eigenvalue weighted by Crippen LogP contribution is -1.98. The molecule has 0 aliphatic heterocycles. The Bertz CT molecular complexity index is 1290. The van der Waals surface area contributed by atoms with E-state index in [9.17, 15) is 0 Å². The lowest BCUT2D eigenvalue weighted by atomic mass is 10.1. The van der Waals surface area contributed by atoms with Crippen molar-refractivity contribution < 1.29 is 0 Å². The number of hydrogen-bond acceptors (Lipinski definition) is 3. The van der Waals surface area contributed by atoms with Gasteiger partial charge in [0.1, 0.15) is 11.5 Å². The van der Waals surface area contributed by atoms with Gasteiger partial charge in [0.25, 0.3) is 0 Å². The van der Waals surface area contributed by atoms with E-state index in [-0.39, 0.29) is 0 Å². The molecule has 4 heteroatoms. The molecule has 0 amide bonds. The number of aromatic nitrogens is 3. The molecule has 116 valence electrons. The SMILES string of the molecule is N#Cc1ccc(-c2nc3ccccc3c3nc4ccccc4n23)cc1. The Balaban J connectivity index is 1.97. The first-order valence-electron chi connectivity index (χ1n) is 8.01. The molecule has 4 nitrogen and oxygen atoms in total. The highest BCUT2D eigenvalue weighted by atomic mass is 15.1. The Morgan fingerprint density at radius 3 is 2.28 bits per heavy atom. The van der Waals surface area contributed by atoms with E-state index < -0.39 is 0 Å².